The summed E-state index contributed by atoms with van der Waals surface area (Å²) in [5.41, 5.74) is 2.95. The highest BCUT2D eigenvalue weighted by molar-refractivity contribution is 7.99. The van der Waals surface area contributed by atoms with Gasteiger partial charge in [0, 0.05) is 16.8 Å². The van der Waals surface area contributed by atoms with E-state index < -0.39 is 5.76 Å². The molecule has 0 saturated carbocycles. The normalized spacial score (nSPS) is 10.7. The number of benzene rings is 1. The lowest BCUT2D eigenvalue weighted by atomic mass is 10.2. The number of nitrogens with zero attached hydrogens (tertiary/aromatic N) is 1. The smallest absolute Gasteiger partial charge is 0.288 e. The maximum atomic E-state index is 12.2. The lowest BCUT2D eigenvalue weighted by Gasteiger charge is -2.07. The van der Waals surface area contributed by atoms with Crippen LogP contribution in [0.2, 0.25) is 0 Å². The van der Waals surface area contributed by atoms with Crippen LogP contribution in [0.4, 0.5) is 14.5 Å². The highest BCUT2D eigenvalue weighted by Gasteiger charge is 2.04. The Morgan fingerprint density at radius 1 is 1.16 bits per heavy atom. The van der Waals surface area contributed by atoms with Crippen LogP contribution < -0.4 is 5.32 Å². The Bertz CT molecular complexity index is 512. The first-order valence-corrected chi connectivity index (χ1v) is 6.72. The fourth-order valence-electron chi connectivity index (χ4n) is 1.55. The van der Waals surface area contributed by atoms with Crippen molar-refractivity contribution >= 4 is 17.4 Å². The van der Waals surface area contributed by atoms with E-state index in [4.69, 9.17) is 0 Å². The van der Waals surface area contributed by atoms with E-state index in [2.05, 4.69) is 10.3 Å². The van der Waals surface area contributed by atoms with Gasteiger partial charge in [-0.25, -0.2) is 0 Å². The Balaban J connectivity index is 1.91. The summed E-state index contributed by atoms with van der Waals surface area (Å²) in [6, 6.07) is 10.9. The minimum Gasteiger partial charge on any atom is -0.379 e. The van der Waals surface area contributed by atoms with E-state index in [1.54, 1.807) is 24.3 Å². The number of halogens is 2. The summed E-state index contributed by atoms with van der Waals surface area (Å²) in [7, 11) is 0. The molecule has 0 aliphatic heterocycles. The maximum Gasteiger partial charge on any atom is 0.288 e. The molecule has 5 heteroatoms. The molecular formula is C14H14F2N2S. The first kappa shape index (κ1) is 13.8. The summed E-state index contributed by atoms with van der Waals surface area (Å²) in [4.78, 5) is 4.85. The molecule has 2 nitrogen and oxygen atoms in total. The first-order valence-electron chi connectivity index (χ1n) is 5.84. The predicted octanol–water partition coefficient (Wildman–Crippen LogP) is 4.32. The molecule has 2 aromatic rings. The largest absolute Gasteiger partial charge is 0.379 e. The molecule has 0 amide bonds. The fraction of sp³-hybridized carbons (Fsp3) is 0.214. The van der Waals surface area contributed by atoms with Gasteiger partial charge >= 0.3 is 0 Å². The number of aromatic nitrogens is 1. The minimum atomic E-state index is -2.38. The zero-order valence-corrected chi connectivity index (χ0v) is 11.3. The molecule has 0 atom stereocenters. The monoisotopic (exact) mass is 280 g/mol. The van der Waals surface area contributed by atoms with Crippen LogP contribution in [0.3, 0.4) is 0 Å². The van der Waals surface area contributed by atoms with Gasteiger partial charge in [0.15, 0.2) is 0 Å². The number of thioether (sulfide) groups is 1. The second-order valence-electron chi connectivity index (χ2n) is 4.08. The summed E-state index contributed by atoms with van der Waals surface area (Å²) in [5, 5.41) is 3.20. The highest BCUT2D eigenvalue weighted by atomic mass is 32.2. The Labute approximate surface area is 115 Å². The van der Waals surface area contributed by atoms with Crippen molar-refractivity contribution in [2.24, 2.45) is 0 Å². The van der Waals surface area contributed by atoms with Crippen molar-refractivity contribution in [1.29, 1.82) is 0 Å². The lowest BCUT2D eigenvalue weighted by molar-refractivity contribution is 0.252. The van der Waals surface area contributed by atoms with E-state index >= 15 is 0 Å². The average Bonchev–Trinajstić information content (AvgIpc) is 2.39. The van der Waals surface area contributed by atoms with Crippen molar-refractivity contribution in [3.05, 3.63) is 53.9 Å². The van der Waals surface area contributed by atoms with Crippen LogP contribution in [0.1, 0.15) is 11.3 Å². The fourth-order valence-corrected chi connectivity index (χ4v) is 2.05. The predicted molar refractivity (Wildman–Crippen MR) is 74.6 cm³/mol. The summed E-state index contributed by atoms with van der Waals surface area (Å²) >= 11 is 0.550. The van der Waals surface area contributed by atoms with Crippen molar-refractivity contribution < 1.29 is 8.78 Å². The Hall–Kier alpha value is -1.62. The SMILES string of the molecule is Cc1ccc(CNc2ccc(SC(F)F)cc2)nc1. The molecule has 1 aromatic carbocycles. The van der Waals surface area contributed by atoms with Gasteiger partial charge in [-0.3, -0.25) is 4.98 Å². The van der Waals surface area contributed by atoms with Gasteiger partial charge in [0.05, 0.1) is 12.2 Å². The van der Waals surface area contributed by atoms with Gasteiger partial charge in [0.2, 0.25) is 0 Å². The van der Waals surface area contributed by atoms with Crippen LogP contribution in [-0.4, -0.2) is 10.7 Å². The second kappa shape index (κ2) is 6.52. The molecule has 1 heterocycles. The minimum absolute atomic E-state index is 0.550. The topological polar surface area (TPSA) is 24.9 Å². The van der Waals surface area contributed by atoms with Gasteiger partial charge in [-0.15, -0.1) is 0 Å². The Kier molecular flexibility index (Phi) is 4.74. The number of nitrogens with one attached hydrogen (secondary N) is 1. The Morgan fingerprint density at radius 2 is 1.89 bits per heavy atom. The summed E-state index contributed by atoms with van der Waals surface area (Å²) in [6.45, 7) is 2.60. The number of alkyl halides is 2. The molecule has 0 radical (unpaired) electrons. The van der Waals surface area contributed by atoms with Gasteiger partial charge < -0.3 is 5.32 Å². The van der Waals surface area contributed by atoms with Crippen molar-refractivity contribution in [2.75, 3.05) is 5.32 Å². The summed E-state index contributed by atoms with van der Waals surface area (Å²) in [6.07, 6.45) is 1.82. The van der Waals surface area contributed by atoms with Crippen LogP contribution in [0.15, 0.2) is 47.5 Å². The van der Waals surface area contributed by atoms with Gasteiger partial charge in [0.1, 0.15) is 0 Å². The number of aryl methyl sites for hydroxylation is 1. The van der Waals surface area contributed by atoms with Crippen molar-refractivity contribution in [3.63, 3.8) is 0 Å². The van der Waals surface area contributed by atoms with Crippen LogP contribution in [-0.2, 0) is 6.54 Å². The number of anilines is 1. The quantitative estimate of drug-likeness (QED) is 0.826. The van der Waals surface area contributed by atoms with Gasteiger partial charge in [0.25, 0.3) is 5.76 Å². The number of pyridine rings is 1. The Morgan fingerprint density at radius 3 is 2.47 bits per heavy atom. The third-order valence-electron chi connectivity index (χ3n) is 2.53. The third kappa shape index (κ3) is 4.52. The molecule has 0 aliphatic carbocycles. The van der Waals surface area contributed by atoms with E-state index in [1.165, 1.54) is 0 Å². The zero-order valence-electron chi connectivity index (χ0n) is 10.4. The van der Waals surface area contributed by atoms with Crippen LogP contribution in [0.5, 0.6) is 0 Å². The summed E-state index contributed by atoms with van der Waals surface area (Å²) < 4.78 is 24.3. The van der Waals surface area contributed by atoms with E-state index in [0.717, 1.165) is 16.9 Å². The summed E-state index contributed by atoms with van der Waals surface area (Å²) in [5.74, 6) is -2.38. The standard InChI is InChI=1S/C14H14F2N2S/c1-10-2-3-12(17-8-10)9-18-11-4-6-13(7-5-11)19-14(15)16/h2-8,14,18H,9H2,1H3. The molecule has 0 aliphatic rings. The second-order valence-corrected chi connectivity index (χ2v) is 5.15. The maximum absolute atomic E-state index is 12.2. The number of hydrogen-bond acceptors (Lipinski definition) is 3. The molecule has 100 valence electrons. The lowest BCUT2D eigenvalue weighted by Crippen LogP contribution is -2.01. The van der Waals surface area contributed by atoms with E-state index in [9.17, 15) is 8.78 Å². The molecule has 1 aromatic heterocycles. The molecule has 0 spiro atoms. The zero-order chi connectivity index (χ0) is 13.7. The first-order chi connectivity index (χ1) is 9.13. The molecule has 0 saturated heterocycles. The van der Waals surface area contributed by atoms with E-state index in [0.29, 0.717) is 23.2 Å². The molecule has 1 N–H and O–H groups in total. The van der Waals surface area contributed by atoms with Crippen molar-refractivity contribution in [1.82, 2.24) is 4.98 Å². The molecule has 0 unspecified atom stereocenters. The van der Waals surface area contributed by atoms with E-state index in [1.807, 2.05) is 25.3 Å². The van der Waals surface area contributed by atoms with Gasteiger partial charge in [-0.05, 0) is 42.8 Å². The third-order valence-corrected chi connectivity index (χ3v) is 3.25. The van der Waals surface area contributed by atoms with Crippen LogP contribution in [0, 0.1) is 6.92 Å². The number of rotatable bonds is 5. The van der Waals surface area contributed by atoms with Crippen LogP contribution >= 0.6 is 11.8 Å². The van der Waals surface area contributed by atoms with Crippen molar-refractivity contribution in [3.8, 4) is 0 Å². The van der Waals surface area contributed by atoms with Gasteiger partial charge in [-0.2, -0.15) is 8.78 Å². The highest BCUT2D eigenvalue weighted by Crippen LogP contribution is 2.26. The molecule has 2 rings (SSSR count). The van der Waals surface area contributed by atoms with E-state index in [-0.39, 0.29) is 0 Å². The average molecular weight is 280 g/mol. The van der Waals surface area contributed by atoms with Crippen molar-refractivity contribution in [2.45, 2.75) is 24.1 Å². The molecule has 0 bridgehead atoms. The molecule has 0 fully saturated rings. The molecular weight excluding hydrogens is 266 g/mol. The van der Waals surface area contributed by atoms with Gasteiger partial charge in [-0.1, -0.05) is 17.8 Å². The number of hydrogen-bond donors (Lipinski definition) is 1. The van der Waals surface area contributed by atoms with Crippen LogP contribution in [0.25, 0.3) is 0 Å². The molecule has 19 heavy (non-hydrogen) atoms.